The molecule has 1 heterocycles. The molecule has 1 aromatic carbocycles. The smallest absolute Gasteiger partial charge is 0.238 e. The molecular weight excluding hydrogens is 312 g/mol. The summed E-state index contributed by atoms with van der Waals surface area (Å²) < 4.78 is 28.5. The zero-order valence-electron chi connectivity index (χ0n) is 12.0. The normalized spacial score (nSPS) is 23.0. The molecule has 1 aliphatic rings. The minimum Gasteiger partial charge on any atom is -0.381 e. The van der Waals surface area contributed by atoms with Crippen molar-refractivity contribution in [3.8, 4) is 0 Å². The number of nitrogens with two attached hydrogens (primary N) is 1. The topological polar surface area (TPSA) is 81.4 Å². The highest BCUT2D eigenvalue weighted by Crippen LogP contribution is 2.28. The van der Waals surface area contributed by atoms with E-state index in [2.05, 4.69) is 12.2 Å². The first-order chi connectivity index (χ1) is 9.90. The van der Waals surface area contributed by atoms with Crippen molar-refractivity contribution in [1.82, 2.24) is 0 Å². The first-order valence-corrected chi connectivity index (χ1v) is 9.03. The predicted molar refractivity (Wildman–Crippen MR) is 84.1 cm³/mol. The maximum atomic E-state index is 11.4. The molecule has 0 aliphatic carbocycles. The molecule has 2 atom stereocenters. The summed E-state index contributed by atoms with van der Waals surface area (Å²) in [5.74, 6) is 0. The van der Waals surface area contributed by atoms with Crippen molar-refractivity contribution in [1.29, 1.82) is 0 Å². The van der Waals surface area contributed by atoms with E-state index >= 15 is 0 Å². The molecule has 1 aromatic rings. The number of hydrogen-bond donors (Lipinski definition) is 2. The molecule has 21 heavy (non-hydrogen) atoms. The zero-order chi connectivity index (χ0) is 15.5. The Morgan fingerprint density at radius 3 is 2.90 bits per heavy atom. The van der Waals surface area contributed by atoms with Crippen LogP contribution in [0.3, 0.4) is 0 Å². The van der Waals surface area contributed by atoms with Crippen molar-refractivity contribution >= 4 is 27.3 Å². The monoisotopic (exact) mass is 332 g/mol. The number of primary sulfonamides is 1. The lowest BCUT2D eigenvalue weighted by atomic mass is 10.00. The second-order valence-electron chi connectivity index (χ2n) is 5.33. The van der Waals surface area contributed by atoms with Crippen LogP contribution in [0.2, 0.25) is 5.02 Å². The standard InChI is InChI=1S/C14H21ClN2O3S/c1-2-3-11-8-10(6-7-20-11)17-14-9-12(21(16,18)19)4-5-13(14)15/h4-5,9-11,17H,2-3,6-8H2,1H3,(H2,16,18,19). The molecule has 1 aliphatic heterocycles. The summed E-state index contributed by atoms with van der Waals surface area (Å²) in [6, 6.07) is 4.67. The van der Waals surface area contributed by atoms with Gasteiger partial charge in [-0.05, 0) is 37.5 Å². The molecule has 0 radical (unpaired) electrons. The Labute approximate surface area is 130 Å². The van der Waals surface area contributed by atoms with Gasteiger partial charge < -0.3 is 10.1 Å². The Morgan fingerprint density at radius 1 is 1.48 bits per heavy atom. The number of rotatable bonds is 5. The molecule has 5 nitrogen and oxygen atoms in total. The first-order valence-electron chi connectivity index (χ1n) is 7.10. The second kappa shape index (κ2) is 6.96. The van der Waals surface area contributed by atoms with Gasteiger partial charge in [-0.3, -0.25) is 0 Å². The third-order valence-corrected chi connectivity index (χ3v) is 4.84. The van der Waals surface area contributed by atoms with E-state index in [-0.39, 0.29) is 17.0 Å². The third kappa shape index (κ3) is 4.57. The molecule has 0 amide bonds. The molecule has 3 N–H and O–H groups in total. The molecule has 1 saturated heterocycles. The van der Waals surface area contributed by atoms with Crippen LogP contribution in [0.15, 0.2) is 23.1 Å². The summed E-state index contributed by atoms with van der Waals surface area (Å²) in [6.07, 6.45) is 4.13. The van der Waals surface area contributed by atoms with Crippen LogP contribution in [-0.4, -0.2) is 27.2 Å². The number of halogens is 1. The van der Waals surface area contributed by atoms with E-state index in [1.807, 2.05) is 0 Å². The van der Waals surface area contributed by atoms with Gasteiger partial charge in [0.1, 0.15) is 0 Å². The van der Waals surface area contributed by atoms with Gasteiger partial charge in [-0.1, -0.05) is 24.9 Å². The van der Waals surface area contributed by atoms with Gasteiger partial charge in [0.2, 0.25) is 10.0 Å². The van der Waals surface area contributed by atoms with E-state index in [0.29, 0.717) is 17.3 Å². The lowest BCUT2D eigenvalue weighted by Crippen LogP contribution is -2.34. The van der Waals surface area contributed by atoms with Crippen molar-refractivity contribution < 1.29 is 13.2 Å². The molecule has 0 aromatic heterocycles. The van der Waals surface area contributed by atoms with Gasteiger partial charge in [0.05, 0.1) is 21.7 Å². The number of anilines is 1. The number of hydrogen-bond acceptors (Lipinski definition) is 4. The third-order valence-electron chi connectivity index (χ3n) is 3.60. The van der Waals surface area contributed by atoms with Crippen LogP contribution in [-0.2, 0) is 14.8 Å². The predicted octanol–water partition coefficient (Wildman–Crippen LogP) is 2.75. The Morgan fingerprint density at radius 2 is 2.24 bits per heavy atom. The van der Waals surface area contributed by atoms with E-state index in [1.54, 1.807) is 6.07 Å². The highest BCUT2D eigenvalue weighted by atomic mass is 35.5. The minimum absolute atomic E-state index is 0.0616. The first kappa shape index (κ1) is 16.5. The van der Waals surface area contributed by atoms with Crippen LogP contribution in [0.1, 0.15) is 32.6 Å². The average molecular weight is 333 g/mol. The number of ether oxygens (including phenoxy) is 1. The fourth-order valence-electron chi connectivity index (χ4n) is 2.55. The van der Waals surface area contributed by atoms with Crippen molar-refractivity contribution in [2.75, 3.05) is 11.9 Å². The molecule has 0 saturated carbocycles. The second-order valence-corrected chi connectivity index (χ2v) is 7.30. The summed E-state index contributed by atoms with van der Waals surface area (Å²) in [7, 11) is -3.73. The maximum absolute atomic E-state index is 11.4. The summed E-state index contributed by atoms with van der Waals surface area (Å²) in [5, 5.41) is 8.96. The van der Waals surface area contributed by atoms with Crippen LogP contribution in [0, 0.1) is 0 Å². The van der Waals surface area contributed by atoms with Crippen molar-refractivity contribution in [2.24, 2.45) is 5.14 Å². The highest BCUT2D eigenvalue weighted by Gasteiger charge is 2.22. The summed E-state index contributed by atoms with van der Waals surface area (Å²) in [6.45, 7) is 2.84. The summed E-state index contributed by atoms with van der Waals surface area (Å²) in [5.41, 5.74) is 0.602. The van der Waals surface area contributed by atoms with Gasteiger partial charge in [0.25, 0.3) is 0 Å². The molecule has 2 rings (SSSR count). The highest BCUT2D eigenvalue weighted by molar-refractivity contribution is 7.89. The number of nitrogens with one attached hydrogen (secondary N) is 1. The van der Waals surface area contributed by atoms with Crippen LogP contribution in [0.5, 0.6) is 0 Å². The van der Waals surface area contributed by atoms with E-state index in [0.717, 1.165) is 25.7 Å². The Hall–Kier alpha value is -0.820. The molecule has 0 spiro atoms. The van der Waals surface area contributed by atoms with Gasteiger partial charge in [-0.25, -0.2) is 13.6 Å². The van der Waals surface area contributed by atoms with Crippen molar-refractivity contribution in [3.05, 3.63) is 23.2 Å². The van der Waals surface area contributed by atoms with Gasteiger partial charge >= 0.3 is 0 Å². The average Bonchev–Trinajstić information content (AvgIpc) is 2.41. The van der Waals surface area contributed by atoms with Crippen LogP contribution >= 0.6 is 11.6 Å². The van der Waals surface area contributed by atoms with Gasteiger partial charge in [-0.2, -0.15) is 0 Å². The molecule has 1 fully saturated rings. The Kier molecular flexibility index (Phi) is 5.48. The molecule has 118 valence electrons. The van der Waals surface area contributed by atoms with Gasteiger partial charge in [-0.15, -0.1) is 0 Å². The van der Waals surface area contributed by atoms with E-state index in [9.17, 15) is 8.42 Å². The number of benzene rings is 1. The quantitative estimate of drug-likeness (QED) is 0.868. The minimum atomic E-state index is -3.73. The fourth-order valence-corrected chi connectivity index (χ4v) is 3.26. The number of sulfonamides is 1. The van der Waals surface area contributed by atoms with Gasteiger partial charge in [0, 0.05) is 12.6 Å². The summed E-state index contributed by atoms with van der Waals surface area (Å²) in [4.78, 5) is 0.0616. The van der Waals surface area contributed by atoms with Gasteiger partial charge in [0.15, 0.2) is 0 Å². The van der Waals surface area contributed by atoms with Crippen LogP contribution < -0.4 is 10.5 Å². The maximum Gasteiger partial charge on any atom is 0.238 e. The molecule has 2 unspecified atom stereocenters. The van der Waals surface area contributed by atoms with E-state index < -0.39 is 10.0 Å². The van der Waals surface area contributed by atoms with Crippen LogP contribution in [0.4, 0.5) is 5.69 Å². The SMILES string of the molecule is CCCC1CC(Nc2cc(S(N)(=O)=O)ccc2Cl)CCO1. The fraction of sp³-hybridized carbons (Fsp3) is 0.571. The Balaban J connectivity index is 2.12. The molecule has 7 heteroatoms. The molecular formula is C14H21ClN2O3S. The largest absolute Gasteiger partial charge is 0.381 e. The lowest BCUT2D eigenvalue weighted by molar-refractivity contribution is 0.00597. The van der Waals surface area contributed by atoms with E-state index in [4.69, 9.17) is 21.5 Å². The van der Waals surface area contributed by atoms with Crippen molar-refractivity contribution in [3.63, 3.8) is 0 Å². The summed E-state index contributed by atoms with van der Waals surface area (Å²) >= 11 is 6.13. The van der Waals surface area contributed by atoms with Crippen LogP contribution in [0.25, 0.3) is 0 Å². The van der Waals surface area contributed by atoms with Crippen molar-refractivity contribution in [2.45, 2.75) is 49.6 Å². The molecule has 0 bridgehead atoms. The lowest BCUT2D eigenvalue weighted by Gasteiger charge is -2.31. The zero-order valence-corrected chi connectivity index (χ0v) is 13.6. The van der Waals surface area contributed by atoms with E-state index in [1.165, 1.54) is 12.1 Å². The Bertz CT molecular complexity index is 590.